The van der Waals surface area contributed by atoms with E-state index in [0.717, 1.165) is 11.4 Å². The molecule has 0 radical (unpaired) electrons. The average molecular weight is 250 g/mol. The third-order valence-corrected chi connectivity index (χ3v) is 3.02. The molecule has 1 heterocycles. The van der Waals surface area contributed by atoms with Gasteiger partial charge in [0.25, 0.3) is 0 Å². The molecule has 0 saturated heterocycles. The second kappa shape index (κ2) is 5.02. The van der Waals surface area contributed by atoms with Crippen LogP contribution < -0.4 is 0 Å². The van der Waals surface area contributed by atoms with Crippen molar-refractivity contribution in [1.29, 1.82) is 0 Å². The molecule has 0 saturated carbocycles. The van der Waals surface area contributed by atoms with Crippen molar-refractivity contribution in [2.75, 3.05) is 0 Å². The van der Waals surface area contributed by atoms with Crippen molar-refractivity contribution in [3.05, 3.63) is 65.7 Å². The Morgan fingerprint density at radius 2 is 1.68 bits per heavy atom. The van der Waals surface area contributed by atoms with Crippen molar-refractivity contribution in [2.45, 2.75) is 13.5 Å². The lowest BCUT2D eigenvalue weighted by Gasteiger charge is -2.05. The lowest BCUT2D eigenvalue weighted by atomic mass is 10.1. The number of aromatic nitrogens is 4. The molecule has 2 aromatic carbocycles. The Kier molecular flexibility index (Phi) is 3.06. The highest BCUT2D eigenvalue weighted by Crippen LogP contribution is 2.17. The van der Waals surface area contributed by atoms with E-state index in [1.54, 1.807) is 0 Å². The topological polar surface area (TPSA) is 43.6 Å². The van der Waals surface area contributed by atoms with Gasteiger partial charge in [0, 0.05) is 5.56 Å². The molecule has 0 amide bonds. The van der Waals surface area contributed by atoms with Crippen LogP contribution in [0.25, 0.3) is 11.4 Å². The summed E-state index contributed by atoms with van der Waals surface area (Å²) in [7, 11) is 0. The molecule has 0 atom stereocenters. The van der Waals surface area contributed by atoms with Gasteiger partial charge in [-0.2, -0.15) is 0 Å². The summed E-state index contributed by atoms with van der Waals surface area (Å²) in [5.74, 6) is 0.795. The second-order valence-corrected chi connectivity index (χ2v) is 4.51. The number of aryl methyl sites for hydroxylation is 1. The molecule has 1 aromatic heterocycles. The molecule has 19 heavy (non-hydrogen) atoms. The van der Waals surface area contributed by atoms with Crippen molar-refractivity contribution in [3.63, 3.8) is 0 Å². The van der Waals surface area contributed by atoms with E-state index in [9.17, 15) is 0 Å². The van der Waals surface area contributed by atoms with Gasteiger partial charge >= 0.3 is 0 Å². The van der Waals surface area contributed by atoms with Gasteiger partial charge < -0.3 is 0 Å². The number of tetrazole rings is 1. The third-order valence-electron chi connectivity index (χ3n) is 3.02. The van der Waals surface area contributed by atoms with E-state index in [0.29, 0.717) is 6.54 Å². The molecule has 4 nitrogen and oxygen atoms in total. The third kappa shape index (κ3) is 2.52. The molecule has 0 N–H and O–H groups in total. The van der Waals surface area contributed by atoms with E-state index >= 15 is 0 Å². The van der Waals surface area contributed by atoms with Crippen LogP contribution in [0, 0.1) is 6.92 Å². The Morgan fingerprint density at radius 3 is 2.42 bits per heavy atom. The molecule has 3 rings (SSSR count). The lowest BCUT2D eigenvalue weighted by Crippen LogP contribution is -2.04. The molecule has 0 bridgehead atoms. The Bertz CT molecular complexity index is 656. The Hall–Kier alpha value is -2.49. The minimum atomic E-state index is 0.678. The molecule has 0 fully saturated rings. The fourth-order valence-corrected chi connectivity index (χ4v) is 1.98. The van der Waals surface area contributed by atoms with Gasteiger partial charge in [0.2, 0.25) is 0 Å². The van der Waals surface area contributed by atoms with Crippen LogP contribution >= 0.6 is 0 Å². The van der Waals surface area contributed by atoms with Crippen LogP contribution in [-0.4, -0.2) is 20.2 Å². The number of nitrogens with zero attached hydrogens (tertiary/aromatic N) is 4. The van der Waals surface area contributed by atoms with Crippen LogP contribution in [0.5, 0.6) is 0 Å². The second-order valence-electron chi connectivity index (χ2n) is 4.51. The number of rotatable bonds is 3. The van der Waals surface area contributed by atoms with E-state index in [2.05, 4.69) is 46.7 Å². The molecular formula is C15H14N4. The van der Waals surface area contributed by atoms with E-state index in [1.165, 1.54) is 11.1 Å². The first-order valence-corrected chi connectivity index (χ1v) is 6.20. The maximum atomic E-state index is 4.11. The molecule has 0 unspecified atom stereocenters. The zero-order valence-corrected chi connectivity index (χ0v) is 10.7. The van der Waals surface area contributed by atoms with Crippen molar-refractivity contribution in [3.8, 4) is 11.4 Å². The highest BCUT2D eigenvalue weighted by atomic mass is 15.5. The zero-order chi connectivity index (χ0) is 13.1. The summed E-state index contributed by atoms with van der Waals surface area (Å²) in [6, 6.07) is 18.4. The van der Waals surface area contributed by atoms with Crippen molar-refractivity contribution in [2.24, 2.45) is 0 Å². The molecule has 3 aromatic rings. The van der Waals surface area contributed by atoms with E-state index in [4.69, 9.17) is 0 Å². The normalized spacial score (nSPS) is 10.6. The largest absolute Gasteiger partial charge is 0.221 e. The van der Waals surface area contributed by atoms with Gasteiger partial charge in [-0.3, -0.25) is 0 Å². The van der Waals surface area contributed by atoms with Gasteiger partial charge in [0.05, 0.1) is 6.54 Å². The molecule has 4 heteroatoms. The standard InChI is InChI=1S/C15H14N4/c1-12-7-9-14(10-8-12)15-16-17-18-19(15)11-13-5-3-2-4-6-13/h2-10H,11H2,1H3. The van der Waals surface area contributed by atoms with Crippen molar-refractivity contribution < 1.29 is 0 Å². The highest BCUT2D eigenvalue weighted by Gasteiger charge is 2.08. The van der Waals surface area contributed by atoms with Gasteiger partial charge in [-0.15, -0.1) is 5.10 Å². The van der Waals surface area contributed by atoms with Gasteiger partial charge in [-0.1, -0.05) is 60.2 Å². The van der Waals surface area contributed by atoms with E-state index in [-0.39, 0.29) is 0 Å². The fraction of sp³-hybridized carbons (Fsp3) is 0.133. The van der Waals surface area contributed by atoms with E-state index in [1.807, 2.05) is 35.0 Å². The summed E-state index contributed by atoms with van der Waals surface area (Å²) >= 11 is 0. The SMILES string of the molecule is Cc1ccc(-c2nnnn2Cc2ccccc2)cc1. The first-order chi connectivity index (χ1) is 9.33. The van der Waals surface area contributed by atoms with Crippen LogP contribution in [0.4, 0.5) is 0 Å². The molecule has 0 aliphatic carbocycles. The first kappa shape index (κ1) is 11.6. The number of hydrogen-bond acceptors (Lipinski definition) is 3. The predicted octanol–water partition coefficient (Wildman–Crippen LogP) is 2.70. The van der Waals surface area contributed by atoms with Crippen LogP contribution in [-0.2, 0) is 6.54 Å². The summed E-state index contributed by atoms with van der Waals surface area (Å²) < 4.78 is 1.82. The number of hydrogen-bond donors (Lipinski definition) is 0. The minimum absolute atomic E-state index is 0.678. The van der Waals surface area contributed by atoms with Crippen molar-refractivity contribution >= 4 is 0 Å². The van der Waals surface area contributed by atoms with Crippen LogP contribution in [0.3, 0.4) is 0 Å². The van der Waals surface area contributed by atoms with Gasteiger partial charge in [-0.05, 0) is 22.9 Å². The maximum absolute atomic E-state index is 4.11. The van der Waals surface area contributed by atoms with Gasteiger partial charge in [0.1, 0.15) is 0 Å². The van der Waals surface area contributed by atoms with Crippen LogP contribution in [0.1, 0.15) is 11.1 Å². The summed E-state index contributed by atoms with van der Waals surface area (Å²) in [6.07, 6.45) is 0. The lowest BCUT2D eigenvalue weighted by molar-refractivity contribution is 0.653. The van der Waals surface area contributed by atoms with E-state index < -0.39 is 0 Å². The first-order valence-electron chi connectivity index (χ1n) is 6.20. The molecule has 94 valence electrons. The summed E-state index contributed by atoms with van der Waals surface area (Å²) in [5.41, 5.74) is 3.44. The molecule has 0 spiro atoms. The van der Waals surface area contributed by atoms with Gasteiger partial charge in [0.15, 0.2) is 5.82 Å². The molecule has 0 aliphatic rings. The summed E-state index contributed by atoms with van der Waals surface area (Å²) in [4.78, 5) is 0. The monoisotopic (exact) mass is 250 g/mol. The quantitative estimate of drug-likeness (QED) is 0.717. The van der Waals surface area contributed by atoms with Gasteiger partial charge in [-0.25, -0.2) is 4.68 Å². The Labute approximate surface area is 111 Å². The Balaban J connectivity index is 1.92. The highest BCUT2D eigenvalue weighted by molar-refractivity contribution is 5.54. The smallest absolute Gasteiger partial charge is 0.182 e. The van der Waals surface area contributed by atoms with Crippen LogP contribution in [0.2, 0.25) is 0 Å². The average Bonchev–Trinajstić information content (AvgIpc) is 2.89. The molecule has 0 aliphatic heterocycles. The predicted molar refractivity (Wildman–Crippen MR) is 73.5 cm³/mol. The summed E-state index contributed by atoms with van der Waals surface area (Å²) in [6.45, 7) is 2.74. The van der Waals surface area contributed by atoms with Crippen molar-refractivity contribution in [1.82, 2.24) is 20.2 Å². The molecular weight excluding hydrogens is 236 g/mol. The maximum Gasteiger partial charge on any atom is 0.182 e. The zero-order valence-electron chi connectivity index (χ0n) is 10.7. The number of benzene rings is 2. The van der Waals surface area contributed by atoms with Crippen LogP contribution in [0.15, 0.2) is 54.6 Å². The fourth-order valence-electron chi connectivity index (χ4n) is 1.98. The Morgan fingerprint density at radius 1 is 0.947 bits per heavy atom. The minimum Gasteiger partial charge on any atom is -0.221 e. The summed E-state index contributed by atoms with van der Waals surface area (Å²) in [5, 5.41) is 12.0.